The van der Waals surface area contributed by atoms with E-state index in [1.807, 2.05) is 12.1 Å². The van der Waals surface area contributed by atoms with Gasteiger partial charge in [0.1, 0.15) is 0 Å². The van der Waals surface area contributed by atoms with Crippen molar-refractivity contribution < 1.29 is 25.2 Å². The summed E-state index contributed by atoms with van der Waals surface area (Å²) in [6.45, 7) is 2.20. The molecule has 1 aliphatic rings. The third-order valence-electron chi connectivity index (χ3n) is 8.09. The van der Waals surface area contributed by atoms with Crippen LogP contribution in [0.2, 0.25) is 0 Å². The van der Waals surface area contributed by atoms with E-state index in [2.05, 4.69) is 11.9 Å². The predicted octanol–water partition coefficient (Wildman–Crippen LogP) is 5.62. The molecule has 1 aromatic rings. The second-order valence-corrected chi connectivity index (χ2v) is 10.9. The average molecular weight is 493 g/mol. The Balaban J connectivity index is 1.63. The minimum Gasteiger partial charge on any atom is -0.668 e. The number of carbonyl (C=O) groups is 1. The summed E-state index contributed by atoms with van der Waals surface area (Å²) in [5.74, 6) is -1.63. The quantitative estimate of drug-likeness (QED) is 0.176. The second-order valence-electron chi connectivity index (χ2n) is 10.9. The van der Waals surface area contributed by atoms with Crippen LogP contribution in [0.25, 0.3) is 0 Å². The molecule has 0 aliphatic heterocycles. The largest absolute Gasteiger partial charge is 0.668 e. The molecule has 0 radical (unpaired) electrons. The van der Waals surface area contributed by atoms with Gasteiger partial charge in [0.25, 0.3) is 0 Å². The molecule has 2 rings (SSSR count). The zero-order valence-electron chi connectivity index (χ0n) is 21.9. The van der Waals surface area contributed by atoms with Crippen molar-refractivity contribution in [1.29, 1.82) is 0 Å². The second kappa shape index (κ2) is 16.4. The molecule has 5 unspecified atom stereocenters. The number of aliphatic carboxylic acids is 1. The van der Waals surface area contributed by atoms with Crippen LogP contribution in [0.5, 0.6) is 0 Å². The first-order valence-electron chi connectivity index (χ1n) is 14.2. The topological polar surface area (TPSA) is 112 Å². The maximum Gasteiger partial charge on any atom is 0.309 e. The first-order chi connectivity index (χ1) is 16.9. The summed E-state index contributed by atoms with van der Waals surface area (Å²) in [5.41, 5.74) is 0.138. The molecule has 202 valence electrons. The monoisotopic (exact) mass is 492 g/mol. The Morgan fingerprint density at radius 1 is 1.03 bits per heavy atom. The molecule has 4 N–H and O–H groups in total. The van der Waals surface area contributed by atoms with Crippen LogP contribution in [0, 0.1) is 11.8 Å². The molecular weight excluding hydrogens is 442 g/mol. The van der Waals surface area contributed by atoms with E-state index in [1.54, 1.807) is 6.20 Å². The molecule has 1 heterocycles. The van der Waals surface area contributed by atoms with Crippen LogP contribution in [0.15, 0.2) is 18.3 Å². The van der Waals surface area contributed by atoms with E-state index in [0.717, 1.165) is 69.9 Å². The molecule has 1 fully saturated rings. The lowest BCUT2D eigenvalue weighted by atomic mass is 9.81. The summed E-state index contributed by atoms with van der Waals surface area (Å²) >= 11 is 0. The average Bonchev–Trinajstić information content (AvgIpc) is 3.47. The molecule has 1 aliphatic carbocycles. The van der Waals surface area contributed by atoms with Gasteiger partial charge in [-0.15, -0.1) is 0 Å². The van der Waals surface area contributed by atoms with Gasteiger partial charge in [-0.1, -0.05) is 83.3 Å². The summed E-state index contributed by atoms with van der Waals surface area (Å²) in [4.78, 5) is 16.1. The number of aliphatic hydroxyl groups excluding tert-OH is 2. The number of hydrogen-bond donors (Lipinski definition) is 4. The first-order valence-corrected chi connectivity index (χ1v) is 14.2. The van der Waals surface area contributed by atoms with Crippen LogP contribution < -0.4 is 4.98 Å². The van der Waals surface area contributed by atoms with E-state index in [1.165, 1.54) is 25.7 Å². The highest BCUT2D eigenvalue weighted by atomic mass is 16.4. The molecule has 1 aromatic heterocycles. The van der Waals surface area contributed by atoms with Crippen LogP contribution in [0.4, 0.5) is 0 Å². The van der Waals surface area contributed by atoms with E-state index < -0.39 is 23.6 Å². The van der Waals surface area contributed by atoms with Gasteiger partial charge in [-0.2, -0.15) is 11.9 Å². The van der Waals surface area contributed by atoms with Crippen LogP contribution in [-0.4, -0.2) is 44.2 Å². The van der Waals surface area contributed by atoms with Crippen molar-refractivity contribution in [3.8, 4) is 0 Å². The van der Waals surface area contributed by atoms with Crippen molar-refractivity contribution in [2.45, 2.75) is 140 Å². The fraction of sp³-hybridized carbons (Fsp3) is 0.828. The molecule has 6 nitrogen and oxygen atoms in total. The molecule has 0 bridgehead atoms. The summed E-state index contributed by atoms with van der Waals surface area (Å²) in [7, 11) is 0. The number of unbranched alkanes of at least 4 members (excludes halogenated alkanes) is 7. The lowest BCUT2D eigenvalue weighted by Gasteiger charge is -2.33. The van der Waals surface area contributed by atoms with Crippen LogP contribution >= 0.6 is 0 Å². The Morgan fingerprint density at radius 2 is 1.69 bits per heavy atom. The number of aromatic nitrogens is 1. The normalized spacial score (nSPS) is 22.8. The lowest BCUT2D eigenvalue weighted by molar-refractivity contribution is -0.146. The number of carboxylic acids is 1. The van der Waals surface area contributed by atoms with Crippen LogP contribution in [0.3, 0.4) is 0 Å². The summed E-state index contributed by atoms with van der Waals surface area (Å²) in [6, 6.07) is 3.88. The van der Waals surface area contributed by atoms with Crippen LogP contribution in [0.1, 0.15) is 122 Å². The highest BCUT2D eigenvalue weighted by Crippen LogP contribution is 2.41. The number of carboxylic acid groups (broad SMARTS) is 1. The minimum absolute atomic E-state index is 0.111. The van der Waals surface area contributed by atoms with Crippen LogP contribution in [-0.2, 0) is 11.2 Å². The van der Waals surface area contributed by atoms with Gasteiger partial charge in [0.15, 0.2) is 0 Å². The smallest absolute Gasteiger partial charge is 0.309 e. The van der Waals surface area contributed by atoms with E-state index in [4.69, 9.17) is 0 Å². The van der Waals surface area contributed by atoms with Crippen molar-refractivity contribution in [3.05, 3.63) is 24.0 Å². The Kier molecular flexibility index (Phi) is 14.0. The fourth-order valence-electron chi connectivity index (χ4n) is 5.76. The third-order valence-corrected chi connectivity index (χ3v) is 8.09. The molecular formula is C29H50NO5-. The Morgan fingerprint density at radius 3 is 2.29 bits per heavy atom. The number of hydrogen-bond acceptors (Lipinski definition) is 4. The standard InChI is InChI=1S/C29H50NO5/c1-2-3-4-5-8-15-25(31)16-9-6-7-10-17-26(28(33)34)27(32)18-20-29(35)19-11-13-23(29)22-24-14-12-21-30-24/h12,14,21,23,25-27,31-32,35H,2-11,13,15-20,22H2,1H3,(H,33,34)/q-1. The molecule has 0 amide bonds. The van der Waals surface area contributed by atoms with E-state index in [9.17, 15) is 25.2 Å². The summed E-state index contributed by atoms with van der Waals surface area (Å²) in [5, 5.41) is 41.7. The maximum atomic E-state index is 11.8. The fourth-order valence-corrected chi connectivity index (χ4v) is 5.76. The zero-order valence-corrected chi connectivity index (χ0v) is 21.9. The van der Waals surface area contributed by atoms with Crippen molar-refractivity contribution in [3.63, 3.8) is 0 Å². The van der Waals surface area contributed by atoms with E-state index in [-0.39, 0.29) is 12.0 Å². The van der Waals surface area contributed by atoms with Gasteiger partial charge in [0.05, 0.1) is 23.7 Å². The number of rotatable bonds is 20. The minimum atomic E-state index is -0.952. The number of nitrogens with zero attached hydrogens (tertiary/aromatic N) is 1. The summed E-state index contributed by atoms with van der Waals surface area (Å²) in [6.07, 6.45) is 16.5. The number of aliphatic hydroxyl groups is 3. The molecule has 35 heavy (non-hydrogen) atoms. The lowest BCUT2D eigenvalue weighted by Crippen LogP contribution is -2.37. The van der Waals surface area contributed by atoms with Gasteiger partial charge in [-0.3, -0.25) is 4.79 Å². The highest BCUT2D eigenvalue weighted by Gasteiger charge is 2.41. The molecule has 0 spiro atoms. The first kappa shape index (κ1) is 29.9. The van der Waals surface area contributed by atoms with Gasteiger partial charge in [0, 0.05) is 0 Å². The zero-order chi connectivity index (χ0) is 25.5. The molecule has 1 saturated carbocycles. The highest BCUT2D eigenvalue weighted by molar-refractivity contribution is 5.70. The van der Waals surface area contributed by atoms with Gasteiger partial charge < -0.3 is 25.4 Å². The molecule has 0 saturated heterocycles. The molecule has 6 heteroatoms. The van der Waals surface area contributed by atoms with Crippen molar-refractivity contribution in [2.24, 2.45) is 11.8 Å². The van der Waals surface area contributed by atoms with Gasteiger partial charge in [0.2, 0.25) is 0 Å². The maximum absolute atomic E-state index is 11.8. The van der Waals surface area contributed by atoms with E-state index in [0.29, 0.717) is 25.7 Å². The third kappa shape index (κ3) is 11.1. The predicted molar refractivity (Wildman–Crippen MR) is 139 cm³/mol. The Hall–Kier alpha value is -1.37. The van der Waals surface area contributed by atoms with Gasteiger partial charge in [-0.25, -0.2) is 0 Å². The Labute approximate surface area is 212 Å². The summed E-state index contributed by atoms with van der Waals surface area (Å²) < 4.78 is 0. The van der Waals surface area contributed by atoms with Crippen molar-refractivity contribution >= 4 is 5.97 Å². The Bertz CT molecular complexity index is 679. The van der Waals surface area contributed by atoms with E-state index >= 15 is 0 Å². The van der Waals surface area contributed by atoms with Gasteiger partial charge >= 0.3 is 5.97 Å². The van der Waals surface area contributed by atoms with Crippen molar-refractivity contribution in [1.82, 2.24) is 4.98 Å². The van der Waals surface area contributed by atoms with Crippen molar-refractivity contribution in [2.75, 3.05) is 0 Å². The molecule has 0 aromatic carbocycles. The van der Waals surface area contributed by atoms with Gasteiger partial charge in [-0.05, 0) is 57.3 Å². The molecule has 5 atom stereocenters. The SMILES string of the molecule is CCCCCCCC(O)CCCCCCC(C(=O)O)C(O)CCC1(O)CCCC1Cc1ccc[n-]1.